The third-order valence-electron chi connectivity index (χ3n) is 3.74. The van der Waals surface area contributed by atoms with Crippen molar-refractivity contribution in [2.45, 2.75) is 5.16 Å². The third kappa shape index (κ3) is 4.63. The average Bonchev–Trinajstić information content (AvgIpc) is 3.15. The maximum absolute atomic E-state index is 11.9. The van der Waals surface area contributed by atoms with E-state index in [1.54, 1.807) is 19.2 Å². The van der Waals surface area contributed by atoms with Gasteiger partial charge in [-0.15, -0.1) is 10.2 Å². The van der Waals surface area contributed by atoms with Crippen LogP contribution in [0.3, 0.4) is 0 Å². The first-order valence-electron chi connectivity index (χ1n) is 8.24. The standard InChI is InChI=1S/C19H16ClN5O2S/c1-27-16-4-2-3-13(11-16)18-23-24-19(28-12-17(26)22-10-9-21)25(18)15-7-5-14(20)6-8-15/h2-8,11H,10,12H2,1H3,(H,22,26). The number of thioether (sulfide) groups is 1. The lowest BCUT2D eigenvalue weighted by Crippen LogP contribution is -2.25. The lowest BCUT2D eigenvalue weighted by molar-refractivity contribution is -0.118. The minimum Gasteiger partial charge on any atom is -0.497 e. The zero-order valence-electron chi connectivity index (χ0n) is 14.9. The molecule has 0 aliphatic carbocycles. The molecule has 1 amide bonds. The van der Waals surface area contributed by atoms with Gasteiger partial charge in [-0.2, -0.15) is 5.26 Å². The van der Waals surface area contributed by atoms with Crippen LogP contribution in [0.15, 0.2) is 53.7 Å². The first kappa shape index (κ1) is 19.7. The number of halogens is 1. The number of hydrogen-bond acceptors (Lipinski definition) is 6. The Labute approximate surface area is 171 Å². The largest absolute Gasteiger partial charge is 0.497 e. The van der Waals surface area contributed by atoms with E-state index in [2.05, 4.69) is 15.5 Å². The molecule has 1 aromatic heterocycles. The average molecular weight is 414 g/mol. The zero-order valence-corrected chi connectivity index (χ0v) is 16.5. The van der Waals surface area contributed by atoms with E-state index in [0.717, 1.165) is 11.3 Å². The van der Waals surface area contributed by atoms with Crippen LogP contribution in [0.2, 0.25) is 5.02 Å². The molecule has 3 rings (SSSR count). The van der Waals surface area contributed by atoms with Crippen molar-refractivity contribution in [2.24, 2.45) is 0 Å². The monoisotopic (exact) mass is 413 g/mol. The summed E-state index contributed by atoms with van der Waals surface area (Å²) in [5.41, 5.74) is 1.63. The maximum atomic E-state index is 11.9. The van der Waals surface area contributed by atoms with Crippen LogP contribution in [0.1, 0.15) is 0 Å². The van der Waals surface area contributed by atoms with Crippen LogP contribution in [-0.2, 0) is 4.79 Å². The summed E-state index contributed by atoms with van der Waals surface area (Å²) in [4.78, 5) is 11.9. The number of carbonyl (C=O) groups excluding carboxylic acids is 1. The quantitative estimate of drug-likeness (QED) is 0.471. The molecule has 28 heavy (non-hydrogen) atoms. The topological polar surface area (TPSA) is 92.8 Å². The van der Waals surface area contributed by atoms with Gasteiger partial charge in [0.15, 0.2) is 11.0 Å². The molecule has 0 saturated heterocycles. The number of amides is 1. The Kier molecular flexibility index (Phi) is 6.53. The van der Waals surface area contributed by atoms with E-state index >= 15 is 0 Å². The van der Waals surface area contributed by atoms with E-state index in [-0.39, 0.29) is 18.2 Å². The van der Waals surface area contributed by atoms with Crippen molar-refractivity contribution in [1.82, 2.24) is 20.1 Å². The number of aromatic nitrogens is 3. The van der Waals surface area contributed by atoms with E-state index in [4.69, 9.17) is 21.6 Å². The van der Waals surface area contributed by atoms with Crippen LogP contribution in [0, 0.1) is 11.3 Å². The van der Waals surface area contributed by atoms with Crippen molar-refractivity contribution in [3.63, 3.8) is 0 Å². The molecule has 0 radical (unpaired) electrons. The van der Waals surface area contributed by atoms with Crippen LogP contribution in [0.5, 0.6) is 5.75 Å². The Morgan fingerprint density at radius 3 is 2.79 bits per heavy atom. The van der Waals surface area contributed by atoms with Crippen molar-refractivity contribution in [3.05, 3.63) is 53.6 Å². The smallest absolute Gasteiger partial charge is 0.231 e. The van der Waals surface area contributed by atoms with Gasteiger partial charge in [-0.3, -0.25) is 9.36 Å². The summed E-state index contributed by atoms with van der Waals surface area (Å²) in [7, 11) is 1.60. The number of nitrogens with zero attached hydrogens (tertiary/aromatic N) is 4. The maximum Gasteiger partial charge on any atom is 0.231 e. The molecule has 0 aliphatic rings. The first-order chi connectivity index (χ1) is 13.6. The van der Waals surface area contributed by atoms with Gasteiger partial charge in [0, 0.05) is 16.3 Å². The fraction of sp³-hybridized carbons (Fsp3) is 0.158. The minimum absolute atomic E-state index is 0.0294. The summed E-state index contributed by atoms with van der Waals surface area (Å²) in [5, 5.41) is 20.8. The number of methoxy groups -OCH3 is 1. The van der Waals surface area contributed by atoms with Gasteiger partial charge in [-0.1, -0.05) is 35.5 Å². The summed E-state index contributed by atoms with van der Waals surface area (Å²) in [6.45, 7) is -0.0294. The fourth-order valence-electron chi connectivity index (χ4n) is 2.45. The summed E-state index contributed by atoms with van der Waals surface area (Å²) >= 11 is 7.25. The van der Waals surface area contributed by atoms with E-state index in [0.29, 0.717) is 21.8 Å². The van der Waals surface area contributed by atoms with Crippen LogP contribution in [-0.4, -0.2) is 40.1 Å². The van der Waals surface area contributed by atoms with Crippen molar-refractivity contribution in [2.75, 3.05) is 19.4 Å². The first-order valence-corrected chi connectivity index (χ1v) is 9.61. The second-order valence-electron chi connectivity index (χ2n) is 5.57. The number of benzene rings is 2. The number of hydrogen-bond donors (Lipinski definition) is 1. The van der Waals surface area contributed by atoms with Crippen LogP contribution in [0.4, 0.5) is 0 Å². The number of nitriles is 1. The summed E-state index contributed by atoms with van der Waals surface area (Å²) in [6.07, 6.45) is 0. The third-order valence-corrected chi connectivity index (χ3v) is 4.92. The van der Waals surface area contributed by atoms with Gasteiger partial charge >= 0.3 is 0 Å². The molecule has 0 spiro atoms. The van der Waals surface area contributed by atoms with Gasteiger partial charge in [-0.05, 0) is 36.4 Å². The van der Waals surface area contributed by atoms with Crippen molar-refractivity contribution < 1.29 is 9.53 Å². The minimum atomic E-state index is -0.250. The number of rotatable bonds is 7. The van der Waals surface area contributed by atoms with Gasteiger partial charge in [0.05, 0.1) is 18.9 Å². The molecule has 3 aromatic rings. The molecule has 9 heteroatoms. The molecule has 7 nitrogen and oxygen atoms in total. The Hall–Kier alpha value is -3.02. The van der Waals surface area contributed by atoms with Crippen molar-refractivity contribution >= 4 is 29.3 Å². The van der Waals surface area contributed by atoms with Crippen molar-refractivity contribution in [1.29, 1.82) is 5.26 Å². The lowest BCUT2D eigenvalue weighted by atomic mass is 10.2. The molecular weight excluding hydrogens is 398 g/mol. The predicted octanol–water partition coefficient (Wildman–Crippen LogP) is 3.33. The Morgan fingerprint density at radius 2 is 2.07 bits per heavy atom. The van der Waals surface area contributed by atoms with Crippen LogP contribution < -0.4 is 10.1 Å². The molecule has 1 heterocycles. The molecular formula is C19H16ClN5O2S. The Morgan fingerprint density at radius 1 is 1.29 bits per heavy atom. The number of carbonyl (C=O) groups is 1. The van der Waals surface area contributed by atoms with Crippen LogP contribution in [0.25, 0.3) is 17.1 Å². The predicted molar refractivity (Wildman–Crippen MR) is 108 cm³/mol. The molecule has 0 atom stereocenters. The van der Waals surface area contributed by atoms with E-state index < -0.39 is 0 Å². The molecule has 1 N–H and O–H groups in total. The second kappa shape index (κ2) is 9.26. The second-order valence-corrected chi connectivity index (χ2v) is 6.95. The van der Waals surface area contributed by atoms with E-state index in [1.807, 2.05) is 47.0 Å². The highest BCUT2D eigenvalue weighted by atomic mass is 35.5. The highest BCUT2D eigenvalue weighted by Crippen LogP contribution is 2.30. The van der Waals surface area contributed by atoms with Gasteiger partial charge in [-0.25, -0.2) is 0 Å². The summed E-state index contributed by atoms with van der Waals surface area (Å²) in [6, 6.07) is 16.6. The van der Waals surface area contributed by atoms with Gasteiger partial charge < -0.3 is 10.1 Å². The molecule has 0 unspecified atom stereocenters. The summed E-state index contributed by atoms with van der Waals surface area (Å²) < 4.78 is 7.16. The van der Waals surface area contributed by atoms with E-state index in [9.17, 15) is 4.79 Å². The molecule has 142 valence electrons. The molecule has 0 bridgehead atoms. The normalized spacial score (nSPS) is 10.3. The molecule has 2 aromatic carbocycles. The van der Waals surface area contributed by atoms with Crippen LogP contribution >= 0.6 is 23.4 Å². The summed E-state index contributed by atoms with van der Waals surface area (Å²) in [5.74, 6) is 1.18. The Balaban J connectivity index is 1.98. The van der Waals surface area contributed by atoms with Gasteiger partial charge in [0.1, 0.15) is 12.3 Å². The van der Waals surface area contributed by atoms with E-state index in [1.165, 1.54) is 11.8 Å². The number of ether oxygens (including phenoxy) is 1. The van der Waals surface area contributed by atoms with Gasteiger partial charge in [0.25, 0.3) is 0 Å². The zero-order chi connectivity index (χ0) is 19.9. The SMILES string of the molecule is COc1cccc(-c2nnc(SCC(=O)NCC#N)n2-c2ccc(Cl)cc2)c1. The Bertz CT molecular complexity index is 1010. The van der Waals surface area contributed by atoms with Gasteiger partial charge in [0.2, 0.25) is 5.91 Å². The molecule has 0 fully saturated rings. The molecule has 0 aliphatic heterocycles. The lowest BCUT2D eigenvalue weighted by Gasteiger charge is -2.11. The highest BCUT2D eigenvalue weighted by Gasteiger charge is 2.17. The fourth-order valence-corrected chi connectivity index (χ4v) is 3.36. The number of nitrogens with one attached hydrogen (secondary N) is 1. The van der Waals surface area contributed by atoms with Crippen molar-refractivity contribution in [3.8, 4) is 28.9 Å². The molecule has 0 saturated carbocycles. The highest BCUT2D eigenvalue weighted by molar-refractivity contribution is 7.99.